The van der Waals surface area contributed by atoms with Crippen molar-refractivity contribution in [3.8, 4) is 5.75 Å². The Labute approximate surface area is 106 Å². The number of ether oxygens (including phenoxy) is 1. The third-order valence-corrected chi connectivity index (χ3v) is 3.97. The highest BCUT2D eigenvalue weighted by atomic mass is 79.9. The van der Waals surface area contributed by atoms with E-state index in [-0.39, 0.29) is 0 Å². The summed E-state index contributed by atoms with van der Waals surface area (Å²) in [7, 11) is 0. The van der Waals surface area contributed by atoms with E-state index in [9.17, 15) is 5.11 Å². The fourth-order valence-electron chi connectivity index (χ4n) is 1.33. The molecule has 0 spiro atoms. The van der Waals surface area contributed by atoms with Crippen molar-refractivity contribution in [3.05, 3.63) is 27.7 Å². The van der Waals surface area contributed by atoms with Crippen molar-refractivity contribution < 1.29 is 9.84 Å². The summed E-state index contributed by atoms with van der Waals surface area (Å²) in [6.07, 6.45) is 0.682. The molecule has 2 nitrogen and oxygen atoms in total. The van der Waals surface area contributed by atoms with Crippen LogP contribution in [-0.4, -0.2) is 17.3 Å². The number of hydrogen-bond acceptors (Lipinski definition) is 2. The first-order chi connectivity index (χ1) is 7.35. The van der Waals surface area contributed by atoms with Crippen molar-refractivity contribution in [2.75, 3.05) is 6.61 Å². The summed E-state index contributed by atoms with van der Waals surface area (Å²) in [6, 6.07) is 3.95. The number of hydrogen-bond donors (Lipinski definition) is 1. The number of benzene rings is 1. The van der Waals surface area contributed by atoms with Crippen LogP contribution in [0.25, 0.3) is 0 Å². The summed E-state index contributed by atoms with van der Waals surface area (Å²) in [6.45, 7) is 8.11. The molecule has 0 aliphatic carbocycles. The summed E-state index contributed by atoms with van der Waals surface area (Å²) >= 11 is 3.51. The van der Waals surface area contributed by atoms with Gasteiger partial charge in [0, 0.05) is 4.47 Å². The molecule has 1 N–H and O–H groups in total. The van der Waals surface area contributed by atoms with E-state index >= 15 is 0 Å². The minimum Gasteiger partial charge on any atom is -0.491 e. The van der Waals surface area contributed by atoms with Crippen molar-refractivity contribution in [1.82, 2.24) is 0 Å². The summed E-state index contributed by atoms with van der Waals surface area (Å²) in [5.41, 5.74) is 1.53. The Balaban J connectivity index is 2.76. The topological polar surface area (TPSA) is 29.5 Å². The van der Waals surface area contributed by atoms with Gasteiger partial charge in [0.2, 0.25) is 0 Å². The highest BCUT2D eigenvalue weighted by Crippen LogP contribution is 2.26. The second kappa shape index (κ2) is 5.19. The van der Waals surface area contributed by atoms with E-state index in [1.807, 2.05) is 32.9 Å². The normalized spacial score (nSPS) is 14.6. The number of aryl methyl sites for hydroxylation is 2. The molecule has 90 valence electrons. The third kappa shape index (κ3) is 3.49. The minimum absolute atomic E-state index is 0.323. The largest absolute Gasteiger partial charge is 0.491 e. The van der Waals surface area contributed by atoms with Crippen LogP contribution in [0.2, 0.25) is 0 Å². The van der Waals surface area contributed by atoms with Gasteiger partial charge in [0.15, 0.2) is 0 Å². The molecule has 0 saturated heterocycles. The summed E-state index contributed by atoms with van der Waals surface area (Å²) in [5, 5.41) is 9.84. The lowest BCUT2D eigenvalue weighted by atomic mass is 10.1. The molecule has 0 aromatic heterocycles. The Bertz CT molecular complexity index is 349. The van der Waals surface area contributed by atoms with Gasteiger partial charge in [-0.25, -0.2) is 0 Å². The first-order valence-corrected chi connectivity index (χ1v) is 6.27. The molecule has 1 rings (SSSR count). The highest BCUT2D eigenvalue weighted by molar-refractivity contribution is 9.10. The zero-order valence-corrected chi connectivity index (χ0v) is 11.9. The Morgan fingerprint density at radius 2 is 1.81 bits per heavy atom. The number of halogens is 1. The summed E-state index contributed by atoms with van der Waals surface area (Å²) < 4.78 is 6.72. The van der Waals surface area contributed by atoms with Gasteiger partial charge >= 0.3 is 0 Å². The maximum Gasteiger partial charge on any atom is 0.120 e. The molecule has 0 heterocycles. The second-order valence-electron chi connectivity index (χ2n) is 4.51. The van der Waals surface area contributed by atoms with Crippen LogP contribution in [0.4, 0.5) is 0 Å². The quantitative estimate of drug-likeness (QED) is 0.916. The molecule has 0 bridgehead atoms. The van der Waals surface area contributed by atoms with Crippen LogP contribution < -0.4 is 4.74 Å². The van der Waals surface area contributed by atoms with Crippen LogP contribution in [0, 0.1) is 13.8 Å². The van der Waals surface area contributed by atoms with Gasteiger partial charge in [-0.2, -0.15) is 0 Å². The van der Waals surface area contributed by atoms with E-state index < -0.39 is 5.60 Å². The molecule has 1 atom stereocenters. The molecule has 0 saturated carbocycles. The smallest absolute Gasteiger partial charge is 0.120 e. The lowest BCUT2D eigenvalue weighted by Gasteiger charge is -2.22. The molecular weight excluding hydrogens is 268 g/mol. The first kappa shape index (κ1) is 13.5. The molecule has 3 heteroatoms. The van der Waals surface area contributed by atoms with Crippen molar-refractivity contribution in [3.63, 3.8) is 0 Å². The molecule has 0 aliphatic heterocycles. The van der Waals surface area contributed by atoms with Crippen LogP contribution in [0.3, 0.4) is 0 Å². The predicted octanol–water partition coefficient (Wildman–Crippen LogP) is 3.61. The SMILES string of the molecule is CCC(C)(O)COc1cc(C)c(Br)c(C)c1. The molecule has 1 aromatic carbocycles. The van der Waals surface area contributed by atoms with Gasteiger partial charge in [-0.3, -0.25) is 0 Å². The molecule has 16 heavy (non-hydrogen) atoms. The molecular formula is C13H19BrO2. The van der Waals surface area contributed by atoms with Gasteiger partial charge in [-0.15, -0.1) is 0 Å². The van der Waals surface area contributed by atoms with Crippen molar-refractivity contribution in [1.29, 1.82) is 0 Å². The Morgan fingerprint density at radius 1 is 1.31 bits per heavy atom. The monoisotopic (exact) mass is 286 g/mol. The van der Waals surface area contributed by atoms with E-state index in [1.54, 1.807) is 6.92 Å². The van der Waals surface area contributed by atoms with Crippen molar-refractivity contribution >= 4 is 15.9 Å². The van der Waals surface area contributed by atoms with E-state index in [1.165, 1.54) is 0 Å². The van der Waals surface area contributed by atoms with Crippen LogP contribution in [0.15, 0.2) is 16.6 Å². The maximum absolute atomic E-state index is 9.84. The lowest BCUT2D eigenvalue weighted by Crippen LogP contribution is -2.31. The Morgan fingerprint density at radius 3 is 2.25 bits per heavy atom. The van der Waals surface area contributed by atoms with Crippen LogP contribution in [0.1, 0.15) is 31.4 Å². The van der Waals surface area contributed by atoms with Gasteiger partial charge in [0.25, 0.3) is 0 Å². The number of aliphatic hydroxyl groups is 1. The molecule has 0 radical (unpaired) electrons. The third-order valence-electron chi connectivity index (χ3n) is 2.72. The van der Waals surface area contributed by atoms with Crippen LogP contribution in [0.5, 0.6) is 5.75 Å². The fraction of sp³-hybridized carbons (Fsp3) is 0.538. The van der Waals surface area contributed by atoms with Crippen molar-refractivity contribution in [2.24, 2.45) is 0 Å². The van der Waals surface area contributed by atoms with E-state index in [0.29, 0.717) is 13.0 Å². The van der Waals surface area contributed by atoms with E-state index in [0.717, 1.165) is 21.3 Å². The predicted molar refractivity (Wildman–Crippen MR) is 70.0 cm³/mol. The lowest BCUT2D eigenvalue weighted by molar-refractivity contribution is 0.00843. The summed E-state index contributed by atoms with van der Waals surface area (Å²) in [5.74, 6) is 0.812. The van der Waals surface area contributed by atoms with E-state index in [4.69, 9.17) is 4.74 Å². The molecule has 1 aromatic rings. The average Bonchev–Trinajstić information content (AvgIpc) is 2.23. The molecule has 0 amide bonds. The van der Waals surface area contributed by atoms with E-state index in [2.05, 4.69) is 15.9 Å². The van der Waals surface area contributed by atoms with Gasteiger partial charge in [-0.1, -0.05) is 22.9 Å². The molecule has 1 unspecified atom stereocenters. The van der Waals surface area contributed by atoms with Gasteiger partial charge in [0.1, 0.15) is 12.4 Å². The summed E-state index contributed by atoms with van der Waals surface area (Å²) in [4.78, 5) is 0. The van der Waals surface area contributed by atoms with Gasteiger partial charge in [-0.05, 0) is 50.5 Å². The minimum atomic E-state index is -0.755. The second-order valence-corrected chi connectivity index (χ2v) is 5.30. The Kier molecular flexibility index (Phi) is 4.39. The zero-order chi connectivity index (χ0) is 12.3. The fourth-order valence-corrected chi connectivity index (χ4v) is 1.56. The average molecular weight is 287 g/mol. The Hall–Kier alpha value is -0.540. The van der Waals surface area contributed by atoms with Crippen LogP contribution >= 0.6 is 15.9 Å². The highest BCUT2D eigenvalue weighted by Gasteiger charge is 2.18. The number of rotatable bonds is 4. The van der Waals surface area contributed by atoms with Crippen LogP contribution in [-0.2, 0) is 0 Å². The van der Waals surface area contributed by atoms with Gasteiger partial charge < -0.3 is 9.84 Å². The van der Waals surface area contributed by atoms with Crippen molar-refractivity contribution in [2.45, 2.75) is 39.7 Å². The zero-order valence-electron chi connectivity index (χ0n) is 10.3. The molecule has 0 aliphatic rings. The molecule has 0 fully saturated rings. The maximum atomic E-state index is 9.84. The standard InChI is InChI=1S/C13H19BrO2/c1-5-13(4,15)8-16-11-6-9(2)12(14)10(3)7-11/h6-7,15H,5,8H2,1-4H3. The first-order valence-electron chi connectivity index (χ1n) is 5.47. The van der Waals surface area contributed by atoms with Gasteiger partial charge in [0.05, 0.1) is 5.60 Å².